The number of nitrogens with zero attached hydrogens (tertiary/aromatic N) is 1. The first kappa shape index (κ1) is 19.7. The molecule has 4 atom stereocenters. The molecule has 2 aliphatic rings. The van der Waals surface area contributed by atoms with Gasteiger partial charge >= 0.3 is 0 Å². The van der Waals surface area contributed by atoms with E-state index in [2.05, 4.69) is 0 Å². The van der Waals surface area contributed by atoms with Crippen molar-refractivity contribution in [3.8, 4) is 0 Å². The van der Waals surface area contributed by atoms with E-state index in [0.29, 0.717) is 19.4 Å². The number of rotatable bonds is 6. The van der Waals surface area contributed by atoms with Gasteiger partial charge in [0.25, 0.3) is 0 Å². The van der Waals surface area contributed by atoms with E-state index in [9.17, 15) is 13.2 Å². The molecule has 140 valence electrons. The van der Waals surface area contributed by atoms with Crippen LogP contribution in [0.3, 0.4) is 0 Å². The van der Waals surface area contributed by atoms with Gasteiger partial charge in [0.05, 0.1) is 29.3 Å². The van der Waals surface area contributed by atoms with Crippen molar-refractivity contribution in [2.45, 2.75) is 82.9 Å². The molecule has 0 bridgehead atoms. The quantitative estimate of drug-likeness (QED) is 0.772. The van der Waals surface area contributed by atoms with Gasteiger partial charge in [-0.3, -0.25) is 4.79 Å². The minimum Gasteiger partial charge on any atom is -0.376 e. The summed E-state index contributed by atoms with van der Waals surface area (Å²) in [6, 6.07) is -0.469. The molecule has 0 aromatic heterocycles. The molecule has 24 heavy (non-hydrogen) atoms. The number of carbonyl (C=O) groups excluding carboxylic acids is 1. The van der Waals surface area contributed by atoms with Crippen LogP contribution < -0.4 is 5.73 Å². The summed E-state index contributed by atoms with van der Waals surface area (Å²) in [7, 11) is -3.17. The maximum atomic E-state index is 12.5. The summed E-state index contributed by atoms with van der Waals surface area (Å²) in [5.74, 6) is 0.00563. The maximum absolute atomic E-state index is 12.5. The Labute approximate surface area is 146 Å². The Balaban J connectivity index is 2.17. The molecule has 0 aromatic carbocycles. The van der Waals surface area contributed by atoms with Crippen LogP contribution in [-0.2, 0) is 19.4 Å². The Bertz CT molecular complexity index is 547. The largest absolute Gasteiger partial charge is 0.376 e. The highest BCUT2D eigenvalue weighted by molar-refractivity contribution is 7.91. The minimum atomic E-state index is -3.17. The SMILES string of the molecule is CC(C)O[C@@H]1CC[C@H](N2CCC(N)C2=O)[C@H](CS(=O)(=O)C(C)C)C1. The smallest absolute Gasteiger partial charge is 0.239 e. The Kier molecular flexibility index (Phi) is 6.31. The second kappa shape index (κ2) is 7.70. The van der Waals surface area contributed by atoms with Crippen molar-refractivity contribution in [3.05, 3.63) is 0 Å². The van der Waals surface area contributed by atoms with Crippen LogP contribution in [0.15, 0.2) is 0 Å². The fourth-order valence-electron chi connectivity index (χ4n) is 3.85. The number of ether oxygens (including phenoxy) is 1. The van der Waals surface area contributed by atoms with Gasteiger partial charge in [-0.15, -0.1) is 0 Å². The second-order valence-electron chi connectivity index (χ2n) is 7.75. The third-order valence-electron chi connectivity index (χ3n) is 5.21. The number of hydrogen-bond acceptors (Lipinski definition) is 5. The average Bonchev–Trinajstić information content (AvgIpc) is 2.78. The van der Waals surface area contributed by atoms with Crippen LogP contribution in [0.5, 0.6) is 0 Å². The third kappa shape index (κ3) is 4.49. The van der Waals surface area contributed by atoms with Crippen molar-refractivity contribution in [3.63, 3.8) is 0 Å². The van der Waals surface area contributed by atoms with Crippen molar-refractivity contribution in [1.29, 1.82) is 0 Å². The molecule has 2 fully saturated rings. The summed E-state index contributed by atoms with van der Waals surface area (Å²) in [4.78, 5) is 14.2. The van der Waals surface area contributed by atoms with Gasteiger partial charge in [-0.25, -0.2) is 8.42 Å². The molecule has 1 saturated carbocycles. The molecule has 1 amide bonds. The van der Waals surface area contributed by atoms with E-state index in [1.807, 2.05) is 18.7 Å². The van der Waals surface area contributed by atoms with Crippen molar-refractivity contribution < 1.29 is 17.9 Å². The molecule has 7 heteroatoms. The molecule has 1 unspecified atom stereocenters. The monoisotopic (exact) mass is 360 g/mol. The van der Waals surface area contributed by atoms with Gasteiger partial charge in [-0.05, 0) is 59.3 Å². The zero-order chi connectivity index (χ0) is 18.1. The number of hydrogen-bond donors (Lipinski definition) is 1. The van der Waals surface area contributed by atoms with E-state index in [1.165, 1.54) is 0 Å². The Morgan fingerprint density at radius 1 is 1.21 bits per heavy atom. The minimum absolute atomic E-state index is 0.0322. The zero-order valence-corrected chi connectivity index (χ0v) is 16.1. The van der Waals surface area contributed by atoms with Crippen LogP contribution in [0, 0.1) is 5.92 Å². The summed E-state index contributed by atoms with van der Waals surface area (Å²) in [5, 5.41) is -0.402. The van der Waals surface area contributed by atoms with E-state index in [-0.39, 0.29) is 35.8 Å². The van der Waals surface area contributed by atoms with E-state index in [1.54, 1.807) is 13.8 Å². The number of likely N-dealkylation sites (tertiary alicyclic amines) is 1. The first-order chi connectivity index (χ1) is 11.1. The highest BCUT2D eigenvalue weighted by atomic mass is 32.2. The normalized spacial score (nSPS) is 32.1. The number of nitrogens with two attached hydrogens (primary N) is 1. The Morgan fingerprint density at radius 2 is 1.88 bits per heavy atom. The van der Waals surface area contributed by atoms with E-state index >= 15 is 0 Å². The summed E-state index contributed by atoms with van der Waals surface area (Å²) in [5.41, 5.74) is 5.86. The third-order valence-corrected chi connectivity index (χ3v) is 7.53. The molecule has 1 aliphatic heterocycles. The van der Waals surface area contributed by atoms with Gasteiger partial charge in [0, 0.05) is 12.6 Å². The molecule has 1 heterocycles. The van der Waals surface area contributed by atoms with Crippen LogP contribution in [0.1, 0.15) is 53.4 Å². The van der Waals surface area contributed by atoms with Crippen LogP contribution >= 0.6 is 0 Å². The summed E-state index contributed by atoms with van der Waals surface area (Å²) in [6.07, 6.45) is 3.18. The van der Waals surface area contributed by atoms with Crippen LogP contribution in [0.4, 0.5) is 0 Å². The highest BCUT2D eigenvalue weighted by Gasteiger charge is 2.42. The molecule has 0 spiro atoms. The van der Waals surface area contributed by atoms with Crippen LogP contribution in [-0.4, -0.2) is 61.1 Å². The molecular weight excluding hydrogens is 328 g/mol. The van der Waals surface area contributed by atoms with Gasteiger partial charge in [0.2, 0.25) is 5.91 Å². The van der Waals surface area contributed by atoms with Gasteiger partial charge < -0.3 is 15.4 Å². The molecule has 6 nitrogen and oxygen atoms in total. The van der Waals surface area contributed by atoms with Crippen LogP contribution in [0.2, 0.25) is 0 Å². The molecule has 1 saturated heterocycles. The summed E-state index contributed by atoms with van der Waals surface area (Å²) >= 11 is 0. The summed E-state index contributed by atoms with van der Waals surface area (Å²) in [6.45, 7) is 8.06. The molecule has 2 rings (SSSR count). The van der Waals surface area contributed by atoms with Gasteiger partial charge in [-0.1, -0.05) is 0 Å². The lowest BCUT2D eigenvalue weighted by molar-refractivity contribution is -0.133. The lowest BCUT2D eigenvalue weighted by Crippen LogP contribution is -2.50. The second-order valence-corrected chi connectivity index (χ2v) is 10.4. The van der Waals surface area contributed by atoms with E-state index < -0.39 is 21.1 Å². The van der Waals surface area contributed by atoms with Crippen LogP contribution in [0.25, 0.3) is 0 Å². The van der Waals surface area contributed by atoms with Gasteiger partial charge in [0.15, 0.2) is 9.84 Å². The number of sulfone groups is 1. The number of amides is 1. The van der Waals surface area contributed by atoms with Crippen molar-refractivity contribution in [2.24, 2.45) is 11.7 Å². The first-order valence-electron chi connectivity index (χ1n) is 9.05. The molecular formula is C17H32N2O4S. The van der Waals surface area contributed by atoms with E-state index in [0.717, 1.165) is 12.8 Å². The molecule has 1 aliphatic carbocycles. The highest BCUT2D eigenvalue weighted by Crippen LogP contribution is 2.34. The van der Waals surface area contributed by atoms with Crippen molar-refractivity contribution in [2.75, 3.05) is 12.3 Å². The van der Waals surface area contributed by atoms with Crippen molar-refractivity contribution >= 4 is 15.7 Å². The van der Waals surface area contributed by atoms with Gasteiger partial charge in [0.1, 0.15) is 0 Å². The summed E-state index contributed by atoms with van der Waals surface area (Å²) < 4.78 is 30.9. The fraction of sp³-hybridized carbons (Fsp3) is 0.941. The topological polar surface area (TPSA) is 89.7 Å². The first-order valence-corrected chi connectivity index (χ1v) is 10.8. The maximum Gasteiger partial charge on any atom is 0.239 e. The number of carbonyl (C=O) groups is 1. The van der Waals surface area contributed by atoms with Gasteiger partial charge in [-0.2, -0.15) is 0 Å². The predicted octanol–water partition coefficient (Wildman–Crippen LogP) is 1.33. The molecule has 0 radical (unpaired) electrons. The Hall–Kier alpha value is -0.660. The predicted molar refractivity (Wildman–Crippen MR) is 94.4 cm³/mol. The lowest BCUT2D eigenvalue weighted by atomic mass is 9.83. The van der Waals surface area contributed by atoms with Crippen molar-refractivity contribution in [1.82, 2.24) is 4.90 Å². The molecule has 0 aromatic rings. The zero-order valence-electron chi connectivity index (χ0n) is 15.3. The standard InChI is InChI=1S/C17H32N2O4S/c1-11(2)23-14-5-6-16(19-8-7-15(18)17(19)20)13(9-14)10-24(21,22)12(3)4/h11-16H,5-10,18H2,1-4H3/t13-,14+,15?,16-/m0/s1. The fourth-order valence-corrected chi connectivity index (χ4v) is 5.19. The van der Waals surface area contributed by atoms with E-state index in [4.69, 9.17) is 10.5 Å². The average molecular weight is 361 g/mol. The Morgan fingerprint density at radius 3 is 2.38 bits per heavy atom. The lowest BCUT2D eigenvalue weighted by Gasteiger charge is -2.41. The molecule has 2 N–H and O–H groups in total.